The Balaban J connectivity index is 1.98. The third-order valence-corrected chi connectivity index (χ3v) is 5.19. The molecule has 0 saturated carbocycles. The normalized spacial score (nSPS) is 14.0. The van der Waals surface area contributed by atoms with Gasteiger partial charge in [-0.1, -0.05) is 122 Å². The zero-order chi connectivity index (χ0) is 16.0. The molecule has 1 aromatic rings. The molecule has 0 radical (unpaired) electrons. The summed E-state index contributed by atoms with van der Waals surface area (Å²) in [5.74, 6) is 1.50. The van der Waals surface area contributed by atoms with Gasteiger partial charge in [-0.2, -0.15) is 0 Å². The highest BCUT2D eigenvalue weighted by molar-refractivity contribution is 5.19. The first-order chi connectivity index (χ1) is 10.8. The summed E-state index contributed by atoms with van der Waals surface area (Å²) in [6, 6.07) is 11.0. The van der Waals surface area contributed by atoms with Crippen LogP contribution in [-0.4, -0.2) is 0 Å². The van der Waals surface area contributed by atoms with E-state index in [1.165, 1.54) is 76.2 Å². The van der Waals surface area contributed by atoms with Gasteiger partial charge in [0.2, 0.25) is 0 Å². The van der Waals surface area contributed by atoms with Crippen molar-refractivity contribution in [3.63, 3.8) is 0 Å². The van der Waals surface area contributed by atoms with Crippen molar-refractivity contribution in [1.82, 2.24) is 0 Å². The van der Waals surface area contributed by atoms with Gasteiger partial charge in [-0.05, 0) is 17.4 Å². The van der Waals surface area contributed by atoms with Gasteiger partial charge in [0.15, 0.2) is 0 Å². The van der Waals surface area contributed by atoms with Crippen LogP contribution in [0.4, 0.5) is 0 Å². The predicted molar refractivity (Wildman–Crippen MR) is 100 cm³/mol. The number of benzene rings is 1. The SMILES string of the molecule is CCCCCCCCCCCCC(C)C(C)c1ccccc1. The highest BCUT2D eigenvalue weighted by atomic mass is 14.2. The topological polar surface area (TPSA) is 0 Å². The van der Waals surface area contributed by atoms with Gasteiger partial charge in [-0.3, -0.25) is 0 Å². The highest BCUT2D eigenvalue weighted by Gasteiger charge is 2.13. The first kappa shape index (κ1) is 19.3. The zero-order valence-corrected chi connectivity index (χ0v) is 15.3. The fraction of sp³-hybridized carbons (Fsp3) is 0.727. The largest absolute Gasteiger partial charge is 0.0654 e. The Labute approximate surface area is 139 Å². The molecule has 1 rings (SSSR count). The monoisotopic (exact) mass is 302 g/mol. The Morgan fingerprint density at radius 3 is 1.73 bits per heavy atom. The van der Waals surface area contributed by atoms with E-state index in [2.05, 4.69) is 51.1 Å². The Kier molecular flexibility index (Phi) is 11.2. The molecule has 0 saturated heterocycles. The molecule has 1 aromatic carbocycles. The van der Waals surface area contributed by atoms with Crippen molar-refractivity contribution in [1.29, 1.82) is 0 Å². The van der Waals surface area contributed by atoms with Gasteiger partial charge < -0.3 is 0 Å². The molecule has 0 bridgehead atoms. The number of rotatable bonds is 13. The second-order valence-corrected chi connectivity index (χ2v) is 7.15. The van der Waals surface area contributed by atoms with Gasteiger partial charge in [0.05, 0.1) is 0 Å². The van der Waals surface area contributed by atoms with Gasteiger partial charge in [0.1, 0.15) is 0 Å². The summed E-state index contributed by atoms with van der Waals surface area (Å²) in [6.07, 6.45) is 15.7. The highest BCUT2D eigenvalue weighted by Crippen LogP contribution is 2.28. The Hall–Kier alpha value is -0.780. The molecule has 0 nitrogen and oxygen atoms in total. The molecular formula is C22H38. The number of hydrogen-bond acceptors (Lipinski definition) is 0. The van der Waals surface area contributed by atoms with Crippen LogP contribution in [0.2, 0.25) is 0 Å². The van der Waals surface area contributed by atoms with E-state index in [1.54, 1.807) is 0 Å². The van der Waals surface area contributed by atoms with E-state index in [1.807, 2.05) is 0 Å². The lowest BCUT2D eigenvalue weighted by molar-refractivity contribution is 0.424. The van der Waals surface area contributed by atoms with Crippen LogP contribution in [0, 0.1) is 5.92 Å². The summed E-state index contributed by atoms with van der Waals surface area (Å²) in [4.78, 5) is 0. The third kappa shape index (κ3) is 8.61. The molecule has 2 atom stereocenters. The average molecular weight is 303 g/mol. The molecule has 0 heterocycles. The quantitative estimate of drug-likeness (QED) is 0.327. The molecule has 22 heavy (non-hydrogen) atoms. The fourth-order valence-electron chi connectivity index (χ4n) is 3.29. The molecule has 126 valence electrons. The summed E-state index contributed by atoms with van der Waals surface area (Å²) in [6.45, 7) is 7.10. The van der Waals surface area contributed by atoms with Crippen molar-refractivity contribution < 1.29 is 0 Å². The maximum absolute atomic E-state index is 2.42. The van der Waals surface area contributed by atoms with Crippen LogP contribution in [0.25, 0.3) is 0 Å². The van der Waals surface area contributed by atoms with E-state index >= 15 is 0 Å². The maximum atomic E-state index is 2.42. The number of unbranched alkanes of at least 4 members (excludes halogenated alkanes) is 9. The zero-order valence-electron chi connectivity index (χ0n) is 15.3. The standard InChI is InChI=1S/C22H38/c1-4-5-6-7-8-9-10-11-12-14-17-20(2)21(3)22-18-15-13-16-19-22/h13,15-16,18-21H,4-12,14,17H2,1-3H3. The van der Waals surface area contributed by atoms with Crippen molar-refractivity contribution >= 4 is 0 Å². The minimum absolute atomic E-state index is 0.694. The molecule has 0 N–H and O–H groups in total. The Morgan fingerprint density at radius 1 is 0.682 bits per heavy atom. The van der Waals surface area contributed by atoms with Crippen LogP contribution in [0.3, 0.4) is 0 Å². The van der Waals surface area contributed by atoms with Crippen LogP contribution < -0.4 is 0 Å². The Morgan fingerprint density at radius 2 is 1.18 bits per heavy atom. The van der Waals surface area contributed by atoms with E-state index in [0.29, 0.717) is 5.92 Å². The van der Waals surface area contributed by atoms with Crippen LogP contribution in [0.5, 0.6) is 0 Å². The second kappa shape index (κ2) is 12.7. The lowest BCUT2D eigenvalue weighted by Gasteiger charge is -2.20. The van der Waals surface area contributed by atoms with Gasteiger partial charge in [0, 0.05) is 0 Å². The smallest absolute Gasteiger partial charge is 0.0165 e. The molecule has 0 fully saturated rings. The van der Waals surface area contributed by atoms with Gasteiger partial charge in [-0.25, -0.2) is 0 Å². The average Bonchev–Trinajstić information content (AvgIpc) is 2.56. The molecule has 0 aliphatic carbocycles. The van der Waals surface area contributed by atoms with E-state index < -0.39 is 0 Å². The van der Waals surface area contributed by atoms with Crippen molar-refractivity contribution in [3.05, 3.63) is 35.9 Å². The van der Waals surface area contributed by atoms with Crippen molar-refractivity contribution in [3.8, 4) is 0 Å². The number of hydrogen-bond donors (Lipinski definition) is 0. The van der Waals surface area contributed by atoms with Gasteiger partial charge in [0.25, 0.3) is 0 Å². The molecule has 2 unspecified atom stereocenters. The first-order valence-electron chi connectivity index (χ1n) is 9.80. The van der Waals surface area contributed by atoms with Gasteiger partial charge >= 0.3 is 0 Å². The lowest BCUT2D eigenvalue weighted by Crippen LogP contribution is -2.06. The molecule has 0 spiro atoms. The molecule has 0 aliphatic heterocycles. The van der Waals surface area contributed by atoms with Crippen LogP contribution in [-0.2, 0) is 0 Å². The Bertz CT molecular complexity index is 340. The van der Waals surface area contributed by atoms with E-state index in [-0.39, 0.29) is 0 Å². The van der Waals surface area contributed by atoms with Crippen molar-refractivity contribution in [2.75, 3.05) is 0 Å². The first-order valence-corrected chi connectivity index (χ1v) is 9.80. The van der Waals surface area contributed by atoms with E-state index in [9.17, 15) is 0 Å². The summed E-state index contributed by atoms with van der Waals surface area (Å²) in [5.41, 5.74) is 1.50. The maximum Gasteiger partial charge on any atom is -0.0165 e. The lowest BCUT2D eigenvalue weighted by atomic mass is 9.85. The predicted octanol–water partition coefficient (Wildman–Crippen LogP) is 7.74. The third-order valence-electron chi connectivity index (χ3n) is 5.19. The van der Waals surface area contributed by atoms with Crippen molar-refractivity contribution in [2.45, 2.75) is 97.3 Å². The van der Waals surface area contributed by atoms with E-state index in [4.69, 9.17) is 0 Å². The summed E-state index contributed by atoms with van der Waals surface area (Å²) in [5, 5.41) is 0. The molecule has 0 heteroatoms. The van der Waals surface area contributed by atoms with Crippen LogP contribution in [0.1, 0.15) is 103 Å². The van der Waals surface area contributed by atoms with E-state index in [0.717, 1.165) is 5.92 Å². The van der Waals surface area contributed by atoms with Crippen LogP contribution in [0.15, 0.2) is 30.3 Å². The summed E-state index contributed by atoms with van der Waals surface area (Å²) < 4.78 is 0. The molecular weight excluding hydrogens is 264 g/mol. The minimum atomic E-state index is 0.694. The van der Waals surface area contributed by atoms with Crippen LogP contribution >= 0.6 is 0 Å². The fourth-order valence-corrected chi connectivity index (χ4v) is 3.29. The molecule has 0 amide bonds. The summed E-state index contributed by atoms with van der Waals surface area (Å²) in [7, 11) is 0. The minimum Gasteiger partial charge on any atom is -0.0654 e. The second-order valence-electron chi connectivity index (χ2n) is 7.15. The molecule has 0 aromatic heterocycles. The summed E-state index contributed by atoms with van der Waals surface area (Å²) >= 11 is 0. The van der Waals surface area contributed by atoms with Gasteiger partial charge in [-0.15, -0.1) is 0 Å². The van der Waals surface area contributed by atoms with Crippen molar-refractivity contribution in [2.24, 2.45) is 5.92 Å². The molecule has 0 aliphatic rings.